The molecule has 0 spiro atoms. The molecule has 0 radical (unpaired) electrons. The molecule has 1 aliphatic rings. The lowest BCUT2D eigenvalue weighted by atomic mass is 9.90. The van der Waals surface area contributed by atoms with E-state index in [-0.39, 0.29) is 24.3 Å². The summed E-state index contributed by atoms with van der Waals surface area (Å²) in [7, 11) is 0. The zero-order chi connectivity index (χ0) is 17.6. The van der Waals surface area contributed by atoms with Crippen LogP contribution in [0.1, 0.15) is 53.4 Å². The normalized spacial score (nSPS) is 21.7. The van der Waals surface area contributed by atoms with E-state index in [1.54, 1.807) is 32.6 Å². The highest BCUT2D eigenvalue weighted by molar-refractivity contribution is 5.76. The lowest BCUT2D eigenvalue weighted by Crippen LogP contribution is -2.53. The molecular formula is C16H28N2O5. The van der Waals surface area contributed by atoms with Gasteiger partial charge in [0.2, 0.25) is 5.91 Å². The summed E-state index contributed by atoms with van der Waals surface area (Å²) in [6.07, 6.45) is 1.10. The first-order valence-corrected chi connectivity index (χ1v) is 8.09. The predicted octanol–water partition coefficient (Wildman–Crippen LogP) is 2.00. The van der Waals surface area contributed by atoms with Crippen LogP contribution in [0.4, 0.5) is 4.79 Å². The molecule has 1 heterocycles. The molecule has 0 aromatic carbocycles. The second-order valence-electron chi connectivity index (χ2n) is 7.03. The van der Waals surface area contributed by atoms with Crippen LogP contribution in [0, 0.1) is 5.92 Å². The van der Waals surface area contributed by atoms with Crippen molar-refractivity contribution in [1.29, 1.82) is 0 Å². The number of carboxylic acids is 1. The minimum absolute atomic E-state index is 0.0148. The van der Waals surface area contributed by atoms with Gasteiger partial charge in [0.15, 0.2) is 0 Å². The van der Waals surface area contributed by atoms with Crippen LogP contribution >= 0.6 is 0 Å². The van der Waals surface area contributed by atoms with Crippen LogP contribution in [0.3, 0.4) is 0 Å². The third-order valence-electron chi connectivity index (χ3n) is 3.68. The Labute approximate surface area is 137 Å². The van der Waals surface area contributed by atoms with E-state index < -0.39 is 17.7 Å². The lowest BCUT2D eigenvalue weighted by molar-refractivity contribution is -0.137. The van der Waals surface area contributed by atoms with E-state index in [0.29, 0.717) is 32.4 Å². The Morgan fingerprint density at radius 1 is 1.26 bits per heavy atom. The summed E-state index contributed by atoms with van der Waals surface area (Å²) in [5.41, 5.74) is -0.583. The van der Waals surface area contributed by atoms with Crippen molar-refractivity contribution in [3.8, 4) is 0 Å². The molecule has 0 bridgehead atoms. The number of ether oxygens (including phenoxy) is 1. The van der Waals surface area contributed by atoms with Gasteiger partial charge in [-0.3, -0.25) is 9.59 Å². The number of carbonyl (C=O) groups excluding carboxylic acids is 2. The van der Waals surface area contributed by atoms with E-state index in [9.17, 15) is 14.4 Å². The number of hydrogen-bond donors (Lipinski definition) is 2. The van der Waals surface area contributed by atoms with Crippen molar-refractivity contribution in [3.05, 3.63) is 0 Å². The molecule has 2 unspecified atom stereocenters. The lowest BCUT2D eigenvalue weighted by Gasteiger charge is -2.38. The first kappa shape index (κ1) is 19.3. The molecule has 0 aliphatic carbocycles. The summed E-state index contributed by atoms with van der Waals surface area (Å²) in [6.45, 7) is 8.14. The van der Waals surface area contributed by atoms with Crippen molar-refractivity contribution in [2.45, 2.75) is 65.0 Å². The Hall–Kier alpha value is -1.79. The second-order valence-corrected chi connectivity index (χ2v) is 7.03. The van der Waals surface area contributed by atoms with E-state index >= 15 is 0 Å². The smallest absolute Gasteiger partial charge is 0.407 e. The van der Waals surface area contributed by atoms with Crippen LogP contribution in [0.25, 0.3) is 0 Å². The molecule has 7 nitrogen and oxygen atoms in total. The molecule has 1 saturated heterocycles. The number of piperidine rings is 1. The van der Waals surface area contributed by atoms with Gasteiger partial charge >= 0.3 is 12.1 Å². The van der Waals surface area contributed by atoms with E-state index in [4.69, 9.17) is 9.84 Å². The Balaban J connectivity index is 2.67. The minimum Gasteiger partial charge on any atom is -0.481 e. The largest absolute Gasteiger partial charge is 0.481 e. The number of likely N-dealkylation sites (tertiary alicyclic amines) is 1. The Kier molecular flexibility index (Phi) is 6.84. The van der Waals surface area contributed by atoms with E-state index in [1.807, 2.05) is 0 Å². The summed E-state index contributed by atoms with van der Waals surface area (Å²) in [6, 6.07) is -0.215. The molecule has 1 rings (SSSR count). The summed E-state index contributed by atoms with van der Waals surface area (Å²) < 4.78 is 5.25. The van der Waals surface area contributed by atoms with Crippen LogP contribution in [0.2, 0.25) is 0 Å². The van der Waals surface area contributed by atoms with Gasteiger partial charge in [0.25, 0.3) is 0 Å². The van der Waals surface area contributed by atoms with Gasteiger partial charge < -0.3 is 20.1 Å². The van der Waals surface area contributed by atoms with Gasteiger partial charge in [-0.25, -0.2) is 4.79 Å². The molecule has 132 valence electrons. The third-order valence-corrected chi connectivity index (χ3v) is 3.68. The Morgan fingerprint density at radius 2 is 1.91 bits per heavy atom. The van der Waals surface area contributed by atoms with Crippen molar-refractivity contribution in [2.75, 3.05) is 13.1 Å². The molecule has 23 heavy (non-hydrogen) atoms. The Morgan fingerprint density at radius 3 is 2.43 bits per heavy atom. The number of nitrogens with one attached hydrogen (secondary N) is 1. The van der Waals surface area contributed by atoms with Gasteiger partial charge in [-0.05, 0) is 39.5 Å². The van der Waals surface area contributed by atoms with Crippen LogP contribution in [0.5, 0.6) is 0 Å². The number of carbonyl (C=O) groups is 3. The van der Waals surface area contributed by atoms with Gasteiger partial charge in [0.1, 0.15) is 5.60 Å². The maximum Gasteiger partial charge on any atom is 0.407 e. The maximum absolute atomic E-state index is 12.0. The highest BCUT2D eigenvalue weighted by Crippen LogP contribution is 2.22. The number of aliphatic carboxylic acids is 1. The quantitative estimate of drug-likeness (QED) is 0.805. The van der Waals surface area contributed by atoms with Gasteiger partial charge in [0.05, 0.1) is 6.04 Å². The summed E-state index contributed by atoms with van der Waals surface area (Å²) in [5, 5.41) is 11.6. The summed E-state index contributed by atoms with van der Waals surface area (Å²) >= 11 is 0. The van der Waals surface area contributed by atoms with E-state index in [0.717, 1.165) is 0 Å². The number of amides is 2. The third kappa shape index (κ3) is 7.34. The van der Waals surface area contributed by atoms with Crippen LogP contribution < -0.4 is 5.32 Å². The first-order valence-electron chi connectivity index (χ1n) is 8.09. The van der Waals surface area contributed by atoms with Crippen molar-refractivity contribution in [2.24, 2.45) is 5.92 Å². The van der Waals surface area contributed by atoms with Crippen molar-refractivity contribution in [3.63, 3.8) is 0 Å². The number of nitrogens with zero attached hydrogens (tertiary/aromatic N) is 1. The number of alkyl carbamates (subject to hydrolysis) is 1. The molecule has 1 fully saturated rings. The monoisotopic (exact) mass is 328 g/mol. The SMILES string of the molecule is CCC(=O)N1CC(CCC(=O)O)CC(NC(=O)OC(C)(C)C)C1. The average molecular weight is 328 g/mol. The van der Waals surface area contributed by atoms with Crippen molar-refractivity contribution >= 4 is 18.0 Å². The van der Waals surface area contributed by atoms with Gasteiger partial charge in [-0.1, -0.05) is 6.92 Å². The predicted molar refractivity (Wildman–Crippen MR) is 85.0 cm³/mol. The van der Waals surface area contributed by atoms with Crippen LogP contribution in [0.15, 0.2) is 0 Å². The molecule has 7 heteroatoms. The average Bonchev–Trinajstić information content (AvgIpc) is 2.41. The van der Waals surface area contributed by atoms with Crippen molar-refractivity contribution in [1.82, 2.24) is 10.2 Å². The molecule has 2 amide bonds. The fourth-order valence-corrected chi connectivity index (χ4v) is 2.75. The maximum atomic E-state index is 12.0. The standard InChI is InChI=1S/C16H28N2O5/c1-5-13(19)18-9-11(6-7-14(20)21)8-12(10-18)17-15(22)23-16(2,3)4/h11-12H,5-10H2,1-4H3,(H,17,22)(H,20,21). The molecular weight excluding hydrogens is 300 g/mol. The molecule has 1 aliphatic heterocycles. The minimum atomic E-state index is -0.847. The molecule has 0 saturated carbocycles. The molecule has 2 N–H and O–H groups in total. The number of rotatable bonds is 5. The zero-order valence-electron chi connectivity index (χ0n) is 14.4. The van der Waals surface area contributed by atoms with E-state index in [1.165, 1.54) is 0 Å². The highest BCUT2D eigenvalue weighted by Gasteiger charge is 2.31. The van der Waals surface area contributed by atoms with Gasteiger partial charge in [-0.15, -0.1) is 0 Å². The van der Waals surface area contributed by atoms with E-state index in [2.05, 4.69) is 5.32 Å². The van der Waals surface area contributed by atoms with Gasteiger partial charge in [-0.2, -0.15) is 0 Å². The van der Waals surface area contributed by atoms with Crippen LogP contribution in [-0.2, 0) is 14.3 Å². The number of hydrogen-bond acceptors (Lipinski definition) is 4. The fourth-order valence-electron chi connectivity index (χ4n) is 2.75. The summed E-state index contributed by atoms with van der Waals surface area (Å²) in [4.78, 5) is 36.4. The molecule has 0 aromatic heterocycles. The fraction of sp³-hybridized carbons (Fsp3) is 0.812. The molecule has 2 atom stereocenters. The van der Waals surface area contributed by atoms with Crippen LogP contribution in [-0.4, -0.2) is 52.7 Å². The topological polar surface area (TPSA) is 95.9 Å². The second kappa shape index (κ2) is 8.17. The zero-order valence-corrected chi connectivity index (χ0v) is 14.4. The Bertz CT molecular complexity index is 444. The summed E-state index contributed by atoms with van der Waals surface area (Å²) in [5.74, 6) is -0.767. The van der Waals surface area contributed by atoms with Crippen molar-refractivity contribution < 1.29 is 24.2 Å². The highest BCUT2D eigenvalue weighted by atomic mass is 16.6. The first-order chi connectivity index (χ1) is 10.6. The number of carboxylic acid groups (broad SMARTS) is 1. The molecule has 0 aromatic rings. The van der Waals surface area contributed by atoms with Gasteiger partial charge in [0, 0.05) is 25.9 Å².